The zero-order valence-electron chi connectivity index (χ0n) is 17.4. The summed E-state index contributed by atoms with van der Waals surface area (Å²) in [5, 5.41) is 0.681. The number of ether oxygens (including phenoxy) is 2. The first-order valence-corrected chi connectivity index (χ1v) is 10.4. The molecule has 1 aromatic heterocycles. The molecule has 2 aliphatic heterocycles. The molecule has 2 atom stereocenters. The van der Waals surface area contributed by atoms with Gasteiger partial charge >= 0.3 is 0 Å². The first-order valence-electron chi connectivity index (χ1n) is 10.4. The van der Waals surface area contributed by atoms with Crippen molar-refractivity contribution < 1.29 is 23.9 Å². The number of hydrogen-bond donors (Lipinski definition) is 0. The number of aromatic nitrogens is 1. The molecule has 30 heavy (non-hydrogen) atoms. The van der Waals surface area contributed by atoms with E-state index in [9.17, 15) is 14.4 Å². The van der Waals surface area contributed by atoms with E-state index in [1.54, 1.807) is 20.6 Å². The number of para-hydroxylation sites is 1. The average molecular weight is 413 g/mol. The monoisotopic (exact) mass is 413 g/mol. The van der Waals surface area contributed by atoms with Crippen LogP contribution < -0.4 is 0 Å². The van der Waals surface area contributed by atoms with Crippen LogP contribution in [0.4, 0.5) is 0 Å². The lowest BCUT2D eigenvalue weighted by Gasteiger charge is -2.34. The Morgan fingerprint density at radius 3 is 2.37 bits per heavy atom. The number of fused-ring (bicyclic) bond motifs is 1. The van der Waals surface area contributed by atoms with Crippen LogP contribution >= 0.6 is 0 Å². The highest BCUT2D eigenvalue weighted by atomic mass is 16.5. The Hall–Kier alpha value is -2.71. The van der Waals surface area contributed by atoms with Crippen LogP contribution in [-0.4, -0.2) is 83.6 Å². The molecule has 1 aromatic carbocycles. The molecular formula is C22H27N3O5. The number of Topliss-reactive ketones (excluding diaryl/α,β-unsaturated/α-hetero) is 1. The highest BCUT2D eigenvalue weighted by Gasteiger charge is 2.32. The molecule has 3 heterocycles. The number of carbonyl (C=O) groups excluding carboxylic acids is 3. The van der Waals surface area contributed by atoms with Gasteiger partial charge in [-0.25, -0.2) is 0 Å². The predicted molar refractivity (Wildman–Crippen MR) is 110 cm³/mol. The Kier molecular flexibility index (Phi) is 5.87. The first-order chi connectivity index (χ1) is 14.4. The van der Waals surface area contributed by atoms with E-state index in [4.69, 9.17) is 9.47 Å². The van der Waals surface area contributed by atoms with E-state index < -0.39 is 11.7 Å². The Morgan fingerprint density at radius 2 is 1.67 bits per heavy atom. The van der Waals surface area contributed by atoms with Crippen molar-refractivity contribution in [3.05, 3.63) is 36.0 Å². The third kappa shape index (κ3) is 4.11. The summed E-state index contributed by atoms with van der Waals surface area (Å²) in [6, 6.07) is 7.37. The standard InChI is InChI=1S/C22H27N3O5/c1-15-11-25(12-16(2)30-15)22(28)21(27)18-13-24(19-6-4-3-5-17(18)19)14-20(26)23-7-9-29-10-8-23/h3-6,13,15-16H,7-12,14H2,1-2H3. The van der Waals surface area contributed by atoms with Gasteiger partial charge in [0, 0.05) is 43.3 Å². The largest absolute Gasteiger partial charge is 0.378 e. The normalized spacial score (nSPS) is 22.3. The van der Waals surface area contributed by atoms with Gasteiger partial charge in [0.05, 0.1) is 31.0 Å². The Labute approximate surface area is 175 Å². The lowest BCUT2D eigenvalue weighted by atomic mass is 10.1. The summed E-state index contributed by atoms with van der Waals surface area (Å²) in [5.74, 6) is -1.11. The van der Waals surface area contributed by atoms with Crippen molar-refractivity contribution in [1.29, 1.82) is 0 Å². The minimum atomic E-state index is -0.551. The topological polar surface area (TPSA) is 81.1 Å². The molecule has 8 heteroatoms. The van der Waals surface area contributed by atoms with Crippen LogP contribution in [0.1, 0.15) is 24.2 Å². The molecule has 0 aliphatic carbocycles. The molecule has 8 nitrogen and oxygen atoms in total. The van der Waals surface area contributed by atoms with E-state index in [1.807, 2.05) is 38.1 Å². The first kappa shape index (κ1) is 20.6. The van der Waals surface area contributed by atoms with Crippen molar-refractivity contribution in [1.82, 2.24) is 14.4 Å². The van der Waals surface area contributed by atoms with Gasteiger partial charge in [0.15, 0.2) is 0 Å². The predicted octanol–water partition coefficient (Wildman–Crippen LogP) is 1.32. The molecule has 0 N–H and O–H groups in total. The smallest absolute Gasteiger partial charge is 0.295 e. The van der Waals surface area contributed by atoms with Crippen molar-refractivity contribution in [3.63, 3.8) is 0 Å². The molecule has 2 fully saturated rings. The molecule has 0 saturated carbocycles. The third-order valence-corrected chi connectivity index (χ3v) is 5.60. The van der Waals surface area contributed by atoms with E-state index in [0.717, 1.165) is 5.52 Å². The molecule has 2 unspecified atom stereocenters. The number of ketones is 1. The molecule has 0 spiro atoms. The van der Waals surface area contributed by atoms with Crippen LogP contribution in [0.3, 0.4) is 0 Å². The number of amides is 2. The SMILES string of the molecule is CC1CN(C(=O)C(=O)c2cn(CC(=O)N3CCOCC3)c3ccccc23)CC(C)O1. The molecule has 2 aliphatic rings. The van der Waals surface area contributed by atoms with Gasteiger partial charge in [-0.15, -0.1) is 0 Å². The highest BCUT2D eigenvalue weighted by Crippen LogP contribution is 2.23. The fraction of sp³-hybridized carbons (Fsp3) is 0.500. The second kappa shape index (κ2) is 8.57. The number of nitrogens with zero attached hydrogens (tertiary/aromatic N) is 3. The van der Waals surface area contributed by atoms with Crippen molar-refractivity contribution in [3.8, 4) is 0 Å². The van der Waals surface area contributed by atoms with Crippen molar-refractivity contribution in [2.24, 2.45) is 0 Å². The van der Waals surface area contributed by atoms with E-state index in [1.165, 1.54) is 0 Å². The van der Waals surface area contributed by atoms with E-state index in [2.05, 4.69) is 0 Å². The molecular weight excluding hydrogens is 386 g/mol. The Bertz CT molecular complexity index is 953. The maximum absolute atomic E-state index is 13.1. The number of hydrogen-bond acceptors (Lipinski definition) is 5. The summed E-state index contributed by atoms with van der Waals surface area (Å²) in [6.07, 6.45) is 1.41. The third-order valence-electron chi connectivity index (χ3n) is 5.60. The second-order valence-electron chi connectivity index (χ2n) is 7.98. The number of rotatable bonds is 4. The van der Waals surface area contributed by atoms with E-state index in [-0.39, 0.29) is 24.7 Å². The summed E-state index contributed by atoms with van der Waals surface area (Å²) in [5.41, 5.74) is 1.09. The summed E-state index contributed by atoms with van der Waals surface area (Å²) < 4.78 is 12.7. The van der Waals surface area contributed by atoms with Crippen LogP contribution in [-0.2, 0) is 25.6 Å². The minimum absolute atomic E-state index is 0.0276. The van der Waals surface area contributed by atoms with Gasteiger partial charge in [0.1, 0.15) is 6.54 Å². The van der Waals surface area contributed by atoms with Crippen LogP contribution in [0.2, 0.25) is 0 Å². The summed E-state index contributed by atoms with van der Waals surface area (Å²) in [4.78, 5) is 42.1. The molecule has 2 aromatic rings. The summed E-state index contributed by atoms with van der Waals surface area (Å²) in [6.45, 7) is 6.89. The second-order valence-corrected chi connectivity index (χ2v) is 7.98. The van der Waals surface area contributed by atoms with Gasteiger partial charge in [-0.1, -0.05) is 18.2 Å². The van der Waals surface area contributed by atoms with Gasteiger partial charge in [-0.05, 0) is 19.9 Å². The average Bonchev–Trinajstić information content (AvgIpc) is 3.11. The zero-order valence-corrected chi connectivity index (χ0v) is 17.4. The summed E-state index contributed by atoms with van der Waals surface area (Å²) >= 11 is 0. The number of morpholine rings is 2. The Balaban J connectivity index is 1.59. The van der Waals surface area contributed by atoms with Crippen molar-refractivity contribution >= 4 is 28.5 Å². The lowest BCUT2D eigenvalue weighted by Crippen LogP contribution is -2.50. The Morgan fingerprint density at radius 1 is 1.00 bits per heavy atom. The van der Waals surface area contributed by atoms with Crippen molar-refractivity contribution in [2.75, 3.05) is 39.4 Å². The zero-order chi connectivity index (χ0) is 21.3. The molecule has 4 rings (SSSR count). The number of benzene rings is 1. The molecule has 0 radical (unpaired) electrons. The molecule has 2 saturated heterocycles. The molecule has 160 valence electrons. The molecule has 2 amide bonds. The quantitative estimate of drug-likeness (QED) is 0.558. The van der Waals surface area contributed by atoms with E-state index >= 15 is 0 Å². The van der Waals surface area contributed by atoms with E-state index in [0.29, 0.717) is 50.3 Å². The van der Waals surface area contributed by atoms with Gasteiger partial charge < -0.3 is 23.8 Å². The molecule has 0 bridgehead atoms. The van der Waals surface area contributed by atoms with Crippen molar-refractivity contribution in [2.45, 2.75) is 32.6 Å². The van der Waals surface area contributed by atoms with Gasteiger partial charge in [-0.3, -0.25) is 14.4 Å². The van der Waals surface area contributed by atoms with Crippen LogP contribution in [0, 0.1) is 0 Å². The fourth-order valence-electron chi connectivity index (χ4n) is 4.22. The van der Waals surface area contributed by atoms with Crippen LogP contribution in [0.25, 0.3) is 10.9 Å². The van der Waals surface area contributed by atoms with Gasteiger partial charge in [-0.2, -0.15) is 0 Å². The van der Waals surface area contributed by atoms with Gasteiger partial charge in [0.2, 0.25) is 5.91 Å². The highest BCUT2D eigenvalue weighted by molar-refractivity contribution is 6.44. The summed E-state index contributed by atoms with van der Waals surface area (Å²) in [7, 11) is 0. The van der Waals surface area contributed by atoms with Crippen LogP contribution in [0.5, 0.6) is 0 Å². The maximum Gasteiger partial charge on any atom is 0.295 e. The van der Waals surface area contributed by atoms with Crippen LogP contribution in [0.15, 0.2) is 30.5 Å². The lowest BCUT2D eigenvalue weighted by molar-refractivity contribution is -0.138. The fourth-order valence-corrected chi connectivity index (χ4v) is 4.22. The van der Waals surface area contributed by atoms with Gasteiger partial charge in [0.25, 0.3) is 11.7 Å². The number of carbonyl (C=O) groups is 3. The minimum Gasteiger partial charge on any atom is -0.378 e. The maximum atomic E-state index is 13.1.